The average Bonchev–Trinajstić information content (AvgIpc) is 2.84. The Hall–Kier alpha value is -3.38. The van der Waals surface area contributed by atoms with E-state index < -0.39 is 0 Å². The number of piperidine rings is 1. The second-order valence-electron chi connectivity index (χ2n) is 9.26. The third-order valence-corrected chi connectivity index (χ3v) is 7.02. The van der Waals surface area contributed by atoms with Gasteiger partial charge in [-0.25, -0.2) is 4.98 Å². The highest BCUT2D eigenvalue weighted by Gasteiger charge is 2.21. The fourth-order valence-electron chi connectivity index (χ4n) is 4.97. The number of fused-ring (bicyclic) bond motifs is 1. The molecule has 0 atom stereocenters. The van der Waals surface area contributed by atoms with Crippen LogP contribution in [0.3, 0.4) is 0 Å². The van der Waals surface area contributed by atoms with Crippen molar-refractivity contribution in [1.29, 1.82) is 0 Å². The molecule has 33 heavy (non-hydrogen) atoms. The predicted octanol–water partition coefficient (Wildman–Crippen LogP) is 3.81. The van der Waals surface area contributed by atoms with Crippen molar-refractivity contribution in [2.45, 2.75) is 25.3 Å². The maximum absolute atomic E-state index is 12.1. The van der Waals surface area contributed by atoms with E-state index in [2.05, 4.69) is 70.6 Å². The van der Waals surface area contributed by atoms with Gasteiger partial charge in [0.15, 0.2) is 0 Å². The molecule has 3 heterocycles. The van der Waals surface area contributed by atoms with Gasteiger partial charge in [-0.15, -0.1) is 0 Å². The van der Waals surface area contributed by atoms with Crippen LogP contribution in [0.2, 0.25) is 0 Å². The van der Waals surface area contributed by atoms with E-state index in [-0.39, 0.29) is 5.91 Å². The fraction of sp³-hybridized carbons (Fsp3) is 0.333. The molecular formula is C27H31N5O. The van der Waals surface area contributed by atoms with Crippen LogP contribution in [0.25, 0.3) is 22.3 Å². The molecule has 3 N–H and O–H groups in total. The average molecular weight is 442 g/mol. The molecule has 1 fully saturated rings. The zero-order chi connectivity index (χ0) is 22.9. The molecule has 170 valence electrons. The lowest BCUT2D eigenvalue weighted by Gasteiger charge is -2.36. The summed E-state index contributed by atoms with van der Waals surface area (Å²) >= 11 is 0. The number of hydrogen-bond acceptors (Lipinski definition) is 5. The van der Waals surface area contributed by atoms with Crippen molar-refractivity contribution < 1.29 is 4.79 Å². The van der Waals surface area contributed by atoms with E-state index in [9.17, 15) is 4.79 Å². The molecule has 1 aromatic heterocycles. The summed E-state index contributed by atoms with van der Waals surface area (Å²) in [6, 6.07) is 17.5. The van der Waals surface area contributed by atoms with Crippen LogP contribution in [-0.2, 0) is 6.42 Å². The van der Waals surface area contributed by atoms with Crippen molar-refractivity contribution in [3.63, 3.8) is 0 Å². The van der Waals surface area contributed by atoms with Crippen molar-refractivity contribution in [3.8, 4) is 22.3 Å². The molecule has 6 heteroatoms. The van der Waals surface area contributed by atoms with Crippen molar-refractivity contribution in [3.05, 3.63) is 65.9 Å². The smallest absolute Gasteiger partial charge is 0.251 e. The Labute approximate surface area is 195 Å². The predicted molar refractivity (Wildman–Crippen MR) is 134 cm³/mol. The van der Waals surface area contributed by atoms with Gasteiger partial charge in [-0.2, -0.15) is 0 Å². The van der Waals surface area contributed by atoms with E-state index >= 15 is 0 Å². The number of amides is 1. The SMILES string of the molecule is CN(C)C1CCN(c2ccc(-c3cnc(N)c(-c4ccc5c(c4)CCNC5=O)c3)cc2)CC1. The van der Waals surface area contributed by atoms with Crippen LogP contribution in [0, 0.1) is 0 Å². The van der Waals surface area contributed by atoms with Crippen LogP contribution in [0.4, 0.5) is 11.5 Å². The summed E-state index contributed by atoms with van der Waals surface area (Å²) in [6.45, 7) is 2.85. The minimum atomic E-state index is -0.00585. The van der Waals surface area contributed by atoms with Crippen LogP contribution in [0.1, 0.15) is 28.8 Å². The highest BCUT2D eigenvalue weighted by atomic mass is 16.1. The lowest BCUT2D eigenvalue weighted by Crippen LogP contribution is -2.41. The van der Waals surface area contributed by atoms with Gasteiger partial charge >= 0.3 is 0 Å². The van der Waals surface area contributed by atoms with Crippen LogP contribution >= 0.6 is 0 Å². The Balaban J connectivity index is 1.38. The monoisotopic (exact) mass is 441 g/mol. The summed E-state index contributed by atoms with van der Waals surface area (Å²) in [5.41, 5.74) is 13.4. The molecule has 0 radical (unpaired) electrons. The van der Waals surface area contributed by atoms with Crippen LogP contribution in [0.15, 0.2) is 54.7 Å². The van der Waals surface area contributed by atoms with Crippen LogP contribution in [-0.4, -0.2) is 55.6 Å². The highest BCUT2D eigenvalue weighted by Crippen LogP contribution is 2.32. The van der Waals surface area contributed by atoms with Crippen molar-refractivity contribution in [2.24, 2.45) is 0 Å². The number of aromatic nitrogens is 1. The second kappa shape index (κ2) is 8.87. The minimum absolute atomic E-state index is 0.00585. The second-order valence-corrected chi connectivity index (χ2v) is 9.26. The van der Waals surface area contributed by atoms with Gasteiger partial charge < -0.3 is 20.9 Å². The van der Waals surface area contributed by atoms with Gasteiger partial charge in [-0.05, 0) is 74.3 Å². The van der Waals surface area contributed by atoms with E-state index in [4.69, 9.17) is 5.73 Å². The Morgan fingerprint density at radius 1 is 0.970 bits per heavy atom. The molecule has 0 saturated carbocycles. The molecule has 0 aliphatic carbocycles. The van der Waals surface area contributed by atoms with Gasteiger partial charge in [0.05, 0.1) is 0 Å². The number of benzene rings is 2. The molecule has 1 amide bonds. The van der Waals surface area contributed by atoms with Crippen molar-refractivity contribution in [1.82, 2.24) is 15.2 Å². The van der Waals surface area contributed by atoms with Gasteiger partial charge in [-0.1, -0.05) is 24.3 Å². The summed E-state index contributed by atoms with van der Waals surface area (Å²) in [7, 11) is 4.34. The molecule has 3 aromatic rings. The Bertz CT molecular complexity index is 1160. The first-order valence-electron chi connectivity index (χ1n) is 11.7. The van der Waals surface area contributed by atoms with Crippen LogP contribution < -0.4 is 16.0 Å². The number of carbonyl (C=O) groups excluding carboxylic acids is 1. The number of hydrogen-bond donors (Lipinski definition) is 2. The van der Waals surface area contributed by atoms with E-state index in [0.717, 1.165) is 52.9 Å². The van der Waals surface area contributed by atoms with Gasteiger partial charge in [-0.3, -0.25) is 4.79 Å². The van der Waals surface area contributed by atoms with Crippen molar-refractivity contribution >= 4 is 17.4 Å². The standard InChI is InChI=1S/C27H31N5O/c1-31(2)22-10-13-32(14-11-22)23-6-3-18(4-7-23)21-16-25(26(28)30-17-21)19-5-8-24-20(15-19)9-12-29-27(24)33/h3-8,15-17,22H,9-14H2,1-2H3,(H2,28,30)(H,29,33). The summed E-state index contributed by atoms with van der Waals surface area (Å²) in [6.07, 6.45) is 5.06. The first-order valence-corrected chi connectivity index (χ1v) is 11.7. The molecule has 1 saturated heterocycles. The Kier molecular flexibility index (Phi) is 5.77. The van der Waals surface area contributed by atoms with Gasteiger partial charge in [0.25, 0.3) is 5.91 Å². The van der Waals surface area contributed by atoms with E-state index in [0.29, 0.717) is 18.4 Å². The molecule has 5 rings (SSSR count). The topological polar surface area (TPSA) is 74.5 Å². The molecular weight excluding hydrogens is 410 g/mol. The molecule has 0 spiro atoms. The molecule has 2 aromatic carbocycles. The summed E-state index contributed by atoms with van der Waals surface area (Å²) in [5, 5.41) is 2.89. The van der Waals surface area contributed by atoms with E-state index in [1.54, 1.807) is 0 Å². The van der Waals surface area contributed by atoms with Gasteiger partial charge in [0.2, 0.25) is 0 Å². The fourth-order valence-corrected chi connectivity index (χ4v) is 4.97. The Morgan fingerprint density at radius 2 is 1.70 bits per heavy atom. The summed E-state index contributed by atoms with van der Waals surface area (Å²) < 4.78 is 0. The highest BCUT2D eigenvalue weighted by molar-refractivity contribution is 5.97. The van der Waals surface area contributed by atoms with Gasteiger partial charge in [0, 0.05) is 54.3 Å². The molecule has 2 aliphatic rings. The lowest BCUT2D eigenvalue weighted by atomic mass is 9.94. The largest absolute Gasteiger partial charge is 0.383 e. The molecule has 6 nitrogen and oxygen atoms in total. The molecule has 0 bridgehead atoms. The first kappa shape index (κ1) is 21.5. The normalized spacial score (nSPS) is 16.6. The summed E-state index contributed by atoms with van der Waals surface area (Å²) in [4.78, 5) is 21.4. The number of nitrogens with one attached hydrogen (secondary N) is 1. The van der Waals surface area contributed by atoms with E-state index in [1.165, 1.54) is 18.5 Å². The number of anilines is 2. The number of rotatable bonds is 4. The summed E-state index contributed by atoms with van der Waals surface area (Å²) in [5.74, 6) is 0.494. The van der Waals surface area contributed by atoms with E-state index in [1.807, 2.05) is 18.3 Å². The Morgan fingerprint density at radius 3 is 2.42 bits per heavy atom. The van der Waals surface area contributed by atoms with Crippen molar-refractivity contribution in [2.75, 3.05) is 44.4 Å². The number of nitrogens with two attached hydrogens (primary N) is 1. The quantitative estimate of drug-likeness (QED) is 0.644. The number of carbonyl (C=O) groups is 1. The number of nitrogens with zero attached hydrogens (tertiary/aromatic N) is 3. The lowest BCUT2D eigenvalue weighted by molar-refractivity contribution is 0.0946. The maximum Gasteiger partial charge on any atom is 0.251 e. The zero-order valence-corrected chi connectivity index (χ0v) is 19.3. The third-order valence-electron chi connectivity index (χ3n) is 7.02. The number of nitrogen functional groups attached to an aromatic ring is 1. The maximum atomic E-state index is 12.1. The zero-order valence-electron chi connectivity index (χ0n) is 19.3. The first-order chi connectivity index (χ1) is 16.0. The third kappa shape index (κ3) is 4.31. The number of pyridine rings is 1. The van der Waals surface area contributed by atoms with Crippen LogP contribution in [0.5, 0.6) is 0 Å². The minimum Gasteiger partial charge on any atom is -0.383 e. The molecule has 0 unspecified atom stereocenters. The molecule has 2 aliphatic heterocycles. The van der Waals surface area contributed by atoms with Gasteiger partial charge in [0.1, 0.15) is 5.82 Å².